The van der Waals surface area contributed by atoms with E-state index in [2.05, 4.69) is 21.0 Å². The molecular formula is C24H25F4N7O3. The Bertz CT molecular complexity index is 1380. The second kappa shape index (κ2) is 8.82. The SMILES string of the molecule is Cc1c(C(=O)C(=O)NC2(/C(N)=C/NN)CC(F)(F)C2)c2n(c1C(=O)Nc1ccnc(C(F)F)c1)C1CC1C2. The highest BCUT2D eigenvalue weighted by Crippen LogP contribution is 2.54. The van der Waals surface area contributed by atoms with E-state index in [4.69, 9.17) is 11.6 Å². The lowest BCUT2D eigenvalue weighted by atomic mass is 9.71. The van der Waals surface area contributed by atoms with Crippen LogP contribution in [0, 0.1) is 12.8 Å². The minimum atomic E-state index is -3.08. The summed E-state index contributed by atoms with van der Waals surface area (Å²) in [4.78, 5) is 43.3. The van der Waals surface area contributed by atoms with Gasteiger partial charge in [-0.1, -0.05) is 0 Å². The first-order valence-corrected chi connectivity index (χ1v) is 11.8. The van der Waals surface area contributed by atoms with E-state index >= 15 is 0 Å². The zero-order valence-corrected chi connectivity index (χ0v) is 20.2. The van der Waals surface area contributed by atoms with Gasteiger partial charge in [0.05, 0.1) is 16.8 Å². The predicted octanol–water partition coefficient (Wildman–Crippen LogP) is 2.23. The first-order valence-electron chi connectivity index (χ1n) is 11.8. The van der Waals surface area contributed by atoms with E-state index in [-0.39, 0.29) is 40.2 Å². The molecule has 5 rings (SSSR count). The third-order valence-electron chi connectivity index (χ3n) is 7.40. The van der Waals surface area contributed by atoms with Crippen molar-refractivity contribution in [1.82, 2.24) is 20.3 Å². The van der Waals surface area contributed by atoms with Crippen LogP contribution >= 0.6 is 0 Å². The first-order chi connectivity index (χ1) is 17.9. The maximum absolute atomic E-state index is 13.8. The van der Waals surface area contributed by atoms with E-state index in [0.29, 0.717) is 12.1 Å². The summed E-state index contributed by atoms with van der Waals surface area (Å²) in [5.41, 5.74) is 6.65. The second-order valence-electron chi connectivity index (χ2n) is 10.00. The molecule has 0 radical (unpaired) electrons. The number of nitrogens with two attached hydrogens (primary N) is 2. The Morgan fingerprint density at radius 1 is 1.26 bits per heavy atom. The van der Waals surface area contributed by atoms with Gasteiger partial charge in [0, 0.05) is 42.7 Å². The van der Waals surface area contributed by atoms with Gasteiger partial charge in [0.2, 0.25) is 0 Å². The van der Waals surface area contributed by atoms with Gasteiger partial charge in [-0.25, -0.2) is 17.6 Å². The molecule has 0 saturated heterocycles. The molecule has 0 aromatic carbocycles. The summed E-state index contributed by atoms with van der Waals surface area (Å²) in [6.45, 7) is 1.51. The van der Waals surface area contributed by atoms with Gasteiger partial charge >= 0.3 is 0 Å². The van der Waals surface area contributed by atoms with Crippen LogP contribution in [-0.2, 0) is 11.2 Å². The van der Waals surface area contributed by atoms with Gasteiger partial charge in [0.1, 0.15) is 11.4 Å². The number of aromatic nitrogens is 2. The molecule has 10 nitrogen and oxygen atoms in total. The summed E-state index contributed by atoms with van der Waals surface area (Å²) in [7, 11) is 0. The molecule has 1 aliphatic heterocycles. The Kier molecular flexibility index (Phi) is 5.97. The van der Waals surface area contributed by atoms with Crippen LogP contribution in [0.5, 0.6) is 0 Å². The molecular weight excluding hydrogens is 510 g/mol. The molecule has 2 aromatic rings. The van der Waals surface area contributed by atoms with Gasteiger partial charge in [-0.2, -0.15) is 0 Å². The van der Waals surface area contributed by atoms with E-state index in [0.717, 1.165) is 24.9 Å². The Morgan fingerprint density at radius 3 is 2.61 bits per heavy atom. The van der Waals surface area contributed by atoms with Crippen LogP contribution in [0.15, 0.2) is 30.2 Å². The number of ketones is 1. The molecule has 38 heavy (non-hydrogen) atoms. The molecule has 3 heterocycles. The number of anilines is 1. The van der Waals surface area contributed by atoms with Gasteiger partial charge < -0.3 is 26.4 Å². The Morgan fingerprint density at radius 2 is 1.97 bits per heavy atom. The Balaban J connectivity index is 1.44. The van der Waals surface area contributed by atoms with Crippen LogP contribution in [0.1, 0.15) is 69.5 Å². The molecule has 2 fully saturated rings. The molecule has 14 heteroatoms. The van der Waals surface area contributed by atoms with Crippen LogP contribution in [0.25, 0.3) is 0 Å². The van der Waals surface area contributed by atoms with Crippen molar-refractivity contribution >= 4 is 23.3 Å². The summed E-state index contributed by atoms with van der Waals surface area (Å²) in [5, 5.41) is 4.93. The maximum atomic E-state index is 13.8. The number of pyridine rings is 1. The van der Waals surface area contributed by atoms with Crippen LogP contribution in [-0.4, -0.2) is 38.6 Å². The third-order valence-corrected chi connectivity index (χ3v) is 7.40. The molecule has 2 saturated carbocycles. The number of fused-ring (bicyclic) bond motifs is 3. The largest absolute Gasteiger partial charge is 0.399 e. The average Bonchev–Trinajstić information content (AvgIpc) is 3.40. The van der Waals surface area contributed by atoms with Crippen molar-refractivity contribution in [3.63, 3.8) is 0 Å². The number of carbonyl (C=O) groups excluding carboxylic acids is 3. The lowest BCUT2D eigenvalue weighted by Gasteiger charge is -2.47. The Labute approximate surface area is 213 Å². The molecule has 0 spiro atoms. The van der Waals surface area contributed by atoms with Crippen molar-refractivity contribution in [1.29, 1.82) is 0 Å². The highest BCUT2D eigenvalue weighted by Gasteiger charge is 2.59. The number of nitrogens with one attached hydrogen (secondary N) is 3. The van der Waals surface area contributed by atoms with Crippen molar-refractivity contribution in [3.05, 3.63) is 58.4 Å². The molecule has 2 amide bonds. The number of hydrogen-bond acceptors (Lipinski definition) is 7. The minimum absolute atomic E-state index is 0.0172. The van der Waals surface area contributed by atoms with Gasteiger partial charge in [0.15, 0.2) is 0 Å². The van der Waals surface area contributed by atoms with Gasteiger partial charge in [-0.3, -0.25) is 25.2 Å². The fraction of sp³-hybridized carbons (Fsp3) is 0.417. The molecule has 2 unspecified atom stereocenters. The molecule has 3 aliphatic rings. The number of halogens is 4. The van der Waals surface area contributed by atoms with Gasteiger partial charge in [-0.15, -0.1) is 0 Å². The average molecular weight is 536 g/mol. The first kappa shape index (κ1) is 25.7. The van der Waals surface area contributed by atoms with E-state index in [1.54, 1.807) is 4.57 Å². The van der Waals surface area contributed by atoms with Crippen LogP contribution in [0.4, 0.5) is 23.2 Å². The maximum Gasteiger partial charge on any atom is 0.293 e. The van der Waals surface area contributed by atoms with E-state index < -0.39 is 54.0 Å². The number of hydrazine groups is 1. The standard InChI is InChI=1S/C24H25F4N7O3/c1-10-17(19(36)22(38)34-23(16(29)7-32-30)8-24(27,28)9-23)15-5-11-4-14(11)35(15)18(10)21(37)33-12-2-3-31-13(6-12)20(25)26/h2-3,6-7,11,14,20,32H,4-5,8-9,29-30H2,1H3,(H,34,38)(H,31,33,37)/b16-7-. The fourth-order valence-electron chi connectivity index (χ4n) is 5.58. The van der Waals surface area contributed by atoms with E-state index in [9.17, 15) is 31.9 Å². The van der Waals surface area contributed by atoms with E-state index in [1.165, 1.54) is 13.0 Å². The van der Waals surface area contributed by atoms with Crippen molar-refractivity contribution in [2.24, 2.45) is 17.5 Å². The number of alkyl halides is 4. The zero-order valence-electron chi connectivity index (χ0n) is 20.2. The van der Waals surface area contributed by atoms with Crippen molar-refractivity contribution in [2.75, 3.05) is 5.32 Å². The molecule has 2 aromatic heterocycles. The summed E-state index contributed by atoms with van der Waals surface area (Å²) >= 11 is 0. The lowest BCUT2D eigenvalue weighted by molar-refractivity contribution is -0.137. The van der Waals surface area contributed by atoms with Crippen LogP contribution in [0.2, 0.25) is 0 Å². The summed E-state index contributed by atoms with van der Waals surface area (Å²) < 4.78 is 55.3. The normalized spacial score (nSPS) is 22.2. The highest BCUT2D eigenvalue weighted by molar-refractivity contribution is 6.44. The molecule has 2 aliphatic carbocycles. The topological polar surface area (TPSA) is 157 Å². The fourth-order valence-corrected chi connectivity index (χ4v) is 5.58. The molecule has 2 atom stereocenters. The number of hydrogen-bond donors (Lipinski definition) is 5. The number of nitrogens with zero attached hydrogens (tertiary/aromatic N) is 2. The second-order valence-corrected chi connectivity index (χ2v) is 10.00. The van der Waals surface area contributed by atoms with Gasteiger partial charge in [-0.05, 0) is 43.4 Å². The van der Waals surface area contributed by atoms with Crippen molar-refractivity contribution in [3.8, 4) is 0 Å². The number of carbonyl (C=O) groups is 3. The zero-order chi connectivity index (χ0) is 27.6. The van der Waals surface area contributed by atoms with Crippen molar-refractivity contribution < 1.29 is 31.9 Å². The molecule has 202 valence electrons. The minimum Gasteiger partial charge on any atom is -0.399 e. The van der Waals surface area contributed by atoms with Crippen LogP contribution < -0.4 is 27.6 Å². The summed E-state index contributed by atoms with van der Waals surface area (Å²) in [6, 6.07) is 2.37. The highest BCUT2D eigenvalue weighted by atomic mass is 19.3. The number of amides is 2. The molecule has 0 bridgehead atoms. The Hall–Kier alpha value is -3.94. The summed E-state index contributed by atoms with van der Waals surface area (Å²) in [5.74, 6) is -0.450. The number of Topliss-reactive ketones (excluding diaryl/α,β-unsaturated/α-hetero) is 1. The van der Waals surface area contributed by atoms with Gasteiger partial charge in [0.25, 0.3) is 29.9 Å². The lowest BCUT2D eigenvalue weighted by Crippen LogP contribution is -2.65. The molecule has 7 N–H and O–H groups in total. The van der Waals surface area contributed by atoms with Crippen LogP contribution in [0.3, 0.4) is 0 Å². The number of rotatable bonds is 8. The van der Waals surface area contributed by atoms with E-state index in [1.807, 2.05) is 0 Å². The predicted molar refractivity (Wildman–Crippen MR) is 126 cm³/mol. The monoisotopic (exact) mass is 535 g/mol. The summed E-state index contributed by atoms with van der Waals surface area (Å²) in [6.07, 6.45) is -0.985. The third kappa shape index (κ3) is 4.18. The quantitative estimate of drug-likeness (QED) is 0.114. The smallest absolute Gasteiger partial charge is 0.293 e. The van der Waals surface area contributed by atoms with Crippen molar-refractivity contribution in [2.45, 2.75) is 56.5 Å².